The van der Waals surface area contributed by atoms with Gasteiger partial charge in [0.1, 0.15) is 0 Å². The number of carboxylic acid groups (broad SMARTS) is 1. The summed E-state index contributed by atoms with van der Waals surface area (Å²) in [5.41, 5.74) is 2.77. The lowest BCUT2D eigenvalue weighted by Gasteiger charge is -2.07. The van der Waals surface area contributed by atoms with Crippen LogP contribution in [0.1, 0.15) is 27.0 Å². The molecule has 1 rings (SSSR count). The number of ketones is 1. The van der Waals surface area contributed by atoms with Crippen LogP contribution in [0.25, 0.3) is 0 Å². The van der Waals surface area contributed by atoms with Crippen LogP contribution in [-0.2, 0) is 14.5 Å². The predicted molar refractivity (Wildman–Crippen MR) is 73.9 cm³/mol. The number of benzene rings is 1. The summed E-state index contributed by atoms with van der Waals surface area (Å²) in [6.45, 7) is 5.40. The smallest absolute Gasteiger partial charge is 0.377 e. The summed E-state index contributed by atoms with van der Waals surface area (Å²) in [5, 5.41) is 8.60. The Hall–Kier alpha value is -1.30. The van der Waals surface area contributed by atoms with E-state index in [1.54, 1.807) is 13.8 Å². The molecular formula is C11H15O6PS. The third-order valence-corrected chi connectivity index (χ3v) is 2.10. The molecule has 0 aliphatic heterocycles. The van der Waals surface area contributed by atoms with Gasteiger partial charge in [-0.3, -0.25) is 9.35 Å². The van der Waals surface area contributed by atoms with Gasteiger partial charge in [-0.2, -0.15) is 8.42 Å². The second-order valence-corrected chi connectivity index (χ2v) is 6.74. The highest BCUT2D eigenvalue weighted by Crippen LogP contribution is 2.16. The molecule has 1 atom stereocenters. The molecule has 0 spiro atoms. The molecule has 0 fully saturated rings. The number of carbonyl (C=O) groups excluding carboxylic acids is 1. The van der Waals surface area contributed by atoms with E-state index in [4.69, 9.17) is 18.1 Å². The Morgan fingerprint density at radius 2 is 1.42 bits per heavy atom. The zero-order chi connectivity index (χ0) is 15.4. The van der Waals surface area contributed by atoms with E-state index in [-0.39, 0.29) is 0 Å². The van der Waals surface area contributed by atoms with Gasteiger partial charge in [-0.1, -0.05) is 17.7 Å². The Morgan fingerprint density at radius 1 is 1.11 bits per heavy atom. The van der Waals surface area contributed by atoms with Gasteiger partial charge in [0, 0.05) is 14.0 Å². The average molecular weight is 306 g/mol. The van der Waals surface area contributed by atoms with Crippen LogP contribution in [0.4, 0.5) is 0 Å². The highest BCUT2D eigenvalue weighted by Gasteiger charge is 2.19. The number of hydrogen-bond acceptors (Lipinski definition) is 4. The molecule has 0 heterocycles. The minimum atomic E-state index is -3.75. The summed E-state index contributed by atoms with van der Waals surface area (Å²) >= 11 is 0. The quantitative estimate of drug-likeness (QED) is 0.371. The number of hydrogen-bond donors (Lipinski definition) is 2. The van der Waals surface area contributed by atoms with Crippen molar-refractivity contribution >= 4 is 29.9 Å². The molecule has 6 nitrogen and oxygen atoms in total. The van der Waals surface area contributed by atoms with E-state index in [0.717, 1.165) is 16.7 Å². The Kier molecular flexibility index (Phi) is 6.29. The van der Waals surface area contributed by atoms with Gasteiger partial charge in [0.25, 0.3) is 15.5 Å². The average Bonchev–Trinajstić information content (AvgIpc) is 2.12. The predicted octanol–water partition coefficient (Wildman–Crippen LogP) is 1.54. The van der Waals surface area contributed by atoms with E-state index in [1.807, 2.05) is 19.1 Å². The van der Waals surface area contributed by atoms with E-state index in [0.29, 0.717) is 5.56 Å². The van der Waals surface area contributed by atoms with Crippen molar-refractivity contribution in [2.45, 2.75) is 20.8 Å². The van der Waals surface area contributed by atoms with E-state index < -0.39 is 21.5 Å². The summed E-state index contributed by atoms with van der Waals surface area (Å²) < 4.78 is 25.8. The third kappa shape index (κ3) is 7.00. The fourth-order valence-corrected chi connectivity index (χ4v) is 1.65. The van der Waals surface area contributed by atoms with E-state index in [9.17, 15) is 9.59 Å². The molecule has 1 aromatic rings. The van der Waals surface area contributed by atoms with E-state index >= 15 is 0 Å². The minimum Gasteiger partial charge on any atom is -0.475 e. The lowest BCUT2D eigenvalue weighted by atomic mass is 9.97. The molecule has 2 N–H and O–H groups in total. The standard InChI is InChI=1S/C11H12O3.H3O3PS/c1-6-4-7(2)9(8(3)5-6)10(12)11(13)14;1-5(2,3)4/h4-5H,1-3H3,(H,13,14);4H2,(H,1,2,3). The maximum atomic E-state index is 11.3. The van der Waals surface area contributed by atoms with E-state index in [1.165, 1.54) is 8.44 Å². The van der Waals surface area contributed by atoms with Gasteiger partial charge in [-0.15, -0.1) is 0 Å². The molecular weight excluding hydrogens is 291 g/mol. The Labute approximate surface area is 113 Å². The van der Waals surface area contributed by atoms with Crippen molar-refractivity contribution in [3.05, 3.63) is 34.4 Å². The molecule has 0 amide bonds. The molecule has 0 radical (unpaired) electrons. The van der Waals surface area contributed by atoms with Gasteiger partial charge in [0.15, 0.2) is 0 Å². The van der Waals surface area contributed by atoms with Gasteiger partial charge in [0.05, 0.1) is 0 Å². The number of aliphatic carboxylic acids is 1. The van der Waals surface area contributed by atoms with Crippen molar-refractivity contribution in [3.8, 4) is 0 Å². The monoisotopic (exact) mass is 306 g/mol. The van der Waals surface area contributed by atoms with Crippen molar-refractivity contribution in [2.24, 2.45) is 0 Å². The molecule has 0 aromatic heterocycles. The third-order valence-electron chi connectivity index (χ3n) is 2.10. The fraction of sp³-hybridized carbons (Fsp3) is 0.273. The molecule has 0 aliphatic carbocycles. The zero-order valence-electron chi connectivity index (χ0n) is 10.7. The molecule has 106 valence electrons. The number of carboxylic acids is 1. The van der Waals surface area contributed by atoms with E-state index in [2.05, 4.69) is 0 Å². The van der Waals surface area contributed by atoms with Crippen LogP contribution in [0.15, 0.2) is 12.1 Å². The van der Waals surface area contributed by atoms with Crippen LogP contribution < -0.4 is 0 Å². The van der Waals surface area contributed by atoms with Crippen LogP contribution in [-0.4, -0.2) is 29.8 Å². The van der Waals surface area contributed by atoms with Crippen molar-refractivity contribution in [1.29, 1.82) is 0 Å². The summed E-state index contributed by atoms with van der Waals surface area (Å²) in [4.78, 5) is 21.8. The maximum Gasteiger partial charge on any atom is 0.377 e. The van der Waals surface area contributed by atoms with Crippen molar-refractivity contribution < 1.29 is 27.7 Å². The molecule has 19 heavy (non-hydrogen) atoms. The van der Waals surface area contributed by atoms with Gasteiger partial charge in [0.2, 0.25) is 0 Å². The molecule has 8 heteroatoms. The van der Waals surface area contributed by atoms with Crippen LogP contribution in [0.2, 0.25) is 0 Å². The first-order valence-electron chi connectivity index (χ1n) is 5.04. The Balaban J connectivity index is 0.000000555. The zero-order valence-corrected chi connectivity index (χ0v) is 12.6. The maximum absolute atomic E-state index is 11.3. The normalized spacial score (nSPS) is 10.4. The van der Waals surface area contributed by atoms with Crippen molar-refractivity contribution in [3.63, 3.8) is 0 Å². The summed E-state index contributed by atoms with van der Waals surface area (Å²) in [5.74, 6) is -2.24. The molecule has 0 saturated heterocycles. The summed E-state index contributed by atoms with van der Waals surface area (Å²) in [7, 11) is -2.51. The second kappa shape index (κ2) is 6.75. The molecule has 0 aliphatic rings. The highest BCUT2D eigenvalue weighted by molar-refractivity contribution is 8.34. The lowest BCUT2D eigenvalue weighted by molar-refractivity contribution is -0.131. The van der Waals surface area contributed by atoms with Gasteiger partial charge >= 0.3 is 5.97 Å². The summed E-state index contributed by atoms with van der Waals surface area (Å²) in [6, 6.07) is 3.62. The first-order chi connectivity index (χ1) is 8.43. The molecule has 0 bridgehead atoms. The first kappa shape index (κ1) is 17.7. The Bertz CT molecular complexity index is 575. The number of Topliss-reactive ketones (excluding diaryl/α,β-unsaturated/α-hetero) is 1. The van der Waals surface area contributed by atoms with Crippen LogP contribution in [0.3, 0.4) is 0 Å². The van der Waals surface area contributed by atoms with Gasteiger partial charge < -0.3 is 5.11 Å². The van der Waals surface area contributed by atoms with Gasteiger partial charge in [-0.25, -0.2) is 4.79 Å². The first-order valence-corrected chi connectivity index (χ1v) is 7.96. The summed E-state index contributed by atoms with van der Waals surface area (Å²) in [6.07, 6.45) is 0. The number of carbonyl (C=O) groups is 2. The lowest BCUT2D eigenvalue weighted by Crippen LogP contribution is -2.15. The minimum absolute atomic E-state index is 0.308. The van der Waals surface area contributed by atoms with Gasteiger partial charge in [-0.05, 0) is 31.9 Å². The largest absolute Gasteiger partial charge is 0.475 e. The van der Waals surface area contributed by atoms with Crippen LogP contribution in [0.5, 0.6) is 0 Å². The van der Waals surface area contributed by atoms with Crippen molar-refractivity contribution in [1.82, 2.24) is 0 Å². The number of rotatable bonds is 2. The highest BCUT2D eigenvalue weighted by atomic mass is 32.7. The van der Waals surface area contributed by atoms with Crippen LogP contribution in [0, 0.1) is 20.8 Å². The fourth-order valence-electron chi connectivity index (χ4n) is 1.65. The number of aryl methyl sites for hydroxylation is 3. The van der Waals surface area contributed by atoms with Crippen molar-refractivity contribution in [2.75, 3.05) is 0 Å². The SMILES string of the molecule is Cc1cc(C)c(C(=O)C(=O)O)c(C)c1.O=S(=O)(O)P. The van der Waals surface area contributed by atoms with Crippen LogP contribution >= 0.6 is 8.44 Å². The topological polar surface area (TPSA) is 109 Å². The Morgan fingerprint density at radius 3 is 1.68 bits per heavy atom. The second-order valence-electron chi connectivity index (χ2n) is 3.92. The molecule has 0 saturated carbocycles. The molecule has 1 aromatic carbocycles. The molecule has 1 unspecified atom stereocenters.